The zero-order valence-corrected chi connectivity index (χ0v) is 25.2. The van der Waals surface area contributed by atoms with Gasteiger partial charge < -0.3 is 10.2 Å². The van der Waals surface area contributed by atoms with E-state index in [0.717, 1.165) is 29.9 Å². The van der Waals surface area contributed by atoms with E-state index in [0.29, 0.717) is 16.1 Å². The van der Waals surface area contributed by atoms with Crippen molar-refractivity contribution in [3.05, 3.63) is 81.6 Å². The maximum atomic E-state index is 12.1. The first-order valence-electron chi connectivity index (χ1n) is 12.5. The topological polar surface area (TPSA) is 71.4 Å². The molecule has 0 atom stereocenters. The number of para-hydroxylation sites is 1. The van der Waals surface area contributed by atoms with Gasteiger partial charge in [0.25, 0.3) is 0 Å². The Balaban J connectivity index is 0.000000363. The van der Waals surface area contributed by atoms with Gasteiger partial charge in [-0.1, -0.05) is 91.3 Å². The van der Waals surface area contributed by atoms with Gasteiger partial charge in [-0.05, 0) is 71.0 Å². The Kier molecular flexibility index (Phi) is 11.9. The van der Waals surface area contributed by atoms with Gasteiger partial charge in [0, 0.05) is 11.2 Å². The fourth-order valence-electron chi connectivity index (χ4n) is 4.03. The number of nitrogens with zero attached hydrogens (tertiary/aromatic N) is 2. The Hall–Kier alpha value is -2.36. The van der Waals surface area contributed by atoms with E-state index in [1.807, 2.05) is 66.7 Å². The molecule has 3 aromatic rings. The molecule has 4 nitrogen and oxygen atoms in total. The average Bonchev–Trinajstić information content (AvgIpc) is 2.81. The number of hydrogen-bond donors (Lipinski definition) is 0. The molecule has 1 aromatic heterocycles. The predicted molar refractivity (Wildman–Crippen MR) is 149 cm³/mol. The number of benzene rings is 2. The smallest absolute Gasteiger partial charge is 0.873 e. The number of pyridine rings is 1. The van der Waals surface area contributed by atoms with Gasteiger partial charge in [-0.15, -0.1) is 11.5 Å². The summed E-state index contributed by atoms with van der Waals surface area (Å²) in [5.41, 5.74) is 5.75. The van der Waals surface area contributed by atoms with Gasteiger partial charge in [-0.3, -0.25) is 9.98 Å². The standard InChI is InChI=1S/C17H20N2.C14H21ClO2.Ni/c1-4-14-9-8-10-15(5-2)17(14)19-13(3)16-11-6-7-12-18-16;1-13(2,3)8-7-9(15)10(14(4,5)6)12(17)11(8)16;/h6-12H,4-5H2,1-3H3;7,16-17H,1-6H3;/q;;+2/p-2. The van der Waals surface area contributed by atoms with E-state index >= 15 is 0 Å². The number of halogens is 1. The molecule has 0 amide bonds. The molecule has 2 aromatic carbocycles. The molecule has 6 heteroatoms. The zero-order valence-electron chi connectivity index (χ0n) is 23.4. The van der Waals surface area contributed by atoms with Crippen molar-refractivity contribution < 1.29 is 26.7 Å². The Morgan fingerprint density at radius 2 is 1.43 bits per heavy atom. The summed E-state index contributed by atoms with van der Waals surface area (Å²) in [7, 11) is 0. The largest absolute Gasteiger partial charge is 2.00 e. The summed E-state index contributed by atoms with van der Waals surface area (Å²) in [5, 5.41) is 24.6. The SMILES string of the molecule is CC(C)(C)c1cc(Cl)c(C(C)(C)C)c([O-])c1[O-].CCc1cccc(CC)c1N=C(C)c1ccccn1.[Ni+2]. The minimum absolute atomic E-state index is 0. The Labute approximate surface area is 238 Å². The second-order valence-electron chi connectivity index (χ2n) is 11.0. The van der Waals surface area contributed by atoms with Crippen molar-refractivity contribution in [2.24, 2.45) is 4.99 Å². The van der Waals surface area contributed by atoms with Crippen LogP contribution in [-0.4, -0.2) is 10.7 Å². The number of aromatic nitrogens is 1. The number of aliphatic imine (C=N–C) groups is 1. The Morgan fingerprint density at radius 1 is 0.865 bits per heavy atom. The van der Waals surface area contributed by atoms with E-state index in [4.69, 9.17) is 16.6 Å². The third-order valence-electron chi connectivity index (χ3n) is 6.03. The van der Waals surface area contributed by atoms with Crippen molar-refractivity contribution >= 4 is 23.0 Å². The van der Waals surface area contributed by atoms with E-state index in [1.165, 1.54) is 11.1 Å². The van der Waals surface area contributed by atoms with E-state index in [9.17, 15) is 10.2 Å². The molecule has 0 fully saturated rings. The maximum absolute atomic E-state index is 12.1. The summed E-state index contributed by atoms with van der Waals surface area (Å²) in [4.78, 5) is 9.18. The summed E-state index contributed by atoms with van der Waals surface area (Å²) in [5.74, 6) is -0.887. The Morgan fingerprint density at radius 3 is 1.86 bits per heavy atom. The zero-order chi connectivity index (χ0) is 27.3. The molecule has 202 valence electrons. The summed E-state index contributed by atoms with van der Waals surface area (Å²) in [6, 6.07) is 14.0. The molecule has 37 heavy (non-hydrogen) atoms. The molecule has 0 spiro atoms. The Bertz CT molecular complexity index is 1190. The summed E-state index contributed by atoms with van der Waals surface area (Å²) in [6.07, 6.45) is 3.81. The maximum Gasteiger partial charge on any atom is 2.00 e. The van der Waals surface area contributed by atoms with Crippen LogP contribution in [0.5, 0.6) is 11.5 Å². The van der Waals surface area contributed by atoms with Crippen molar-refractivity contribution in [3.63, 3.8) is 0 Å². The quantitative estimate of drug-likeness (QED) is 0.244. The van der Waals surface area contributed by atoms with Gasteiger partial charge >= 0.3 is 16.5 Å². The van der Waals surface area contributed by atoms with Crippen LogP contribution in [0.4, 0.5) is 5.69 Å². The second kappa shape index (κ2) is 13.4. The summed E-state index contributed by atoms with van der Waals surface area (Å²) in [6.45, 7) is 17.7. The summed E-state index contributed by atoms with van der Waals surface area (Å²) >= 11 is 6.16. The molecule has 0 unspecified atom stereocenters. The minimum Gasteiger partial charge on any atom is -0.873 e. The van der Waals surface area contributed by atoms with Gasteiger partial charge in [0.05, 0.1) is 17.1 Å². The van der Waals surface area contributed by atoms with Crippen LogP contribution in [0.1, 0.15) is 90.3 Å². The van der Waals surface area contributed by atoms with Crippen LogP contribution in [0.15, 0.2) is 53.7 Å². The van der Waals surface area contributed by atoms with E-state index in [-0.39, 0.29) is 21.9 Å². The molecule has 0 radical (unpaired) electrons. The van der Waals surface area contributed by atoms with Gasteiger partial charge in [0.2, 0.25) is 0 Å². The van der Waals surface area contributed by atoms with Gasteiger partial charge in [0.15, 0.2) is 0 Å². The fourth-order valence-corrected chi connectivity index (χ4v) is 4.50. The first kappa shape index (κ1) is 32.7. The van der Waals surface area contributed by atoms with Crippen LogP contribution < -0.4 is 10.2 Å². The van der Waals surface area contributed by atoms with Crippen LogP contribution in [0, 0.1) is 0 Å². The third kappa shape index (κ3) is 8.32. The molecule has 0 aliphatic carbocycles. The van der Waals surface area contributed by atoms with Crippen molar-refractivity contribution in [1.82, 2.24) is 4.98 Å². The van der Waals surface area contributed by atoms with Crippen molar-refractivity contribution in [1.29, 1.82) is 0 Å². The molecule has 3 rings (SSSR count). The summed E-state index contributed by atoms with van der Waals surface area (Å²) < 4.78 is 0. The fraction of sp³-hybridized carbons (Fsp3) is 0.419. The average molecular weight is 566 g/mol. The van der Waals surface area contributed by atoms with Crippen molar-refractivity contribution in [2.75, 3.05) is 0 Å². The number of rotatable bonds is 4. The third-order valence-corrected chi connectivity index (χ3v) is 6.32. The van der Waals surface area contributed by atoms with E-state index in [1.54, 1.807) is 12.3 Å². The monoisotopic (exact) mass is 564 g/mol. The first-order chi connectivity index (χ1) is 16.7. The van der Waals surface area contributed by atoms with Crippen LogP contribution in [0.25, 0.3) is 0 Å². The predicted octanol–water partition coefficient (Wildman–Crippen LogP) is 7.43. The van der Waals surface area contributed by atoms with Gasteiger partial charge in [-0.25, -0.2) is 0 Å². The number of hydrogen-bond acceptors (Lipinski definition) is 4. The molecule has 0 aliphatic rings. The molecule has 0 aliphatic heterocycles. The molecule has 0 saturated heterocycles. The van der Waals surface area contributed by atoms with Crippen molar-refractivity contribution in [3.8, 4) is 11.5 Å². The van der Waals surface area contributed by atoms with Crippen LogP contribution >= 0.6 is 11.6 Å². The molecular formula is C31H39ClN2NiO2. The van der Waals surface area contributed by atoms with Gasteiger partial charge in [-0.2, -0.15) is 0 Å². The molecule has 1 heterocycles. The van der Waals surface area contributed by atoms with E-state index in [2.05, 4.69) is 37.0 Å². The van der Waals surface area contributed by atoms with E-state index < -0.39 is 16.9 Å². The van der Waals surface area contributed by atoms with Crippen LogP contribution in [-0.2, 0) is 40.2 Å². The molecule has 0 N–H and O–H groups in total. The molecule has 0 saturated carbocycles. The normalized spacial score (nSPS) is 11.9. The second-order valence-corrected chi connectivity index (χ2v) is 11.4. The number of aryl methyl sites for hydroxylation is 2. The molecular weight excluding hydrogens is 526 g/mol. The van der Waals surface area contributed by atoms with Crippen LogP contribution in [0.2, 0.25) is 5.02 Å². The van der Waals surface area contributed by atoms with Crippen LogP contribution in [0.3, 0.4) is 0 Å². The van der Waals surface area contributed by atoms with Gasteiger partial charge in [0.1, 0.15) is 0 Å². The van der Waals surface area contributed by atoms with Crippen molar-refractivity contribution in [2.45, 2.75) is 86.0 Å². The first-order valence-corrected chi connectivity index (χ1v) is 12.9. The minimum atomic E-state index is -0.463. The molecule has 0 bridgehead atoms.